The minimum atomic E-state index is -0.299. The summed E-state index contributed by atoms with van der Waals surface area (Å²) in [6.45, 7) is 3.95. The van der Waals surface area contributed by atoms with Gasteiger partial charge in [0.25, 0.3) is 5.91 Å². The molecule has 0 saturated heterocycles. The van der Waals surface area contributed by atoms with Crippen molar-refractivity contribution >= 4 is 23.2 Å². The second kappa shape index (κ2) is 8.23. The Bertz CT molecular complexity index is 784. The molecule has 0 fully saturated rings. The molecule has 5 nitrogen and oxygen atoms in total. The Hall–Kier alpha value is -2.71. The summed E-state index contributed by atoms with van der Waals surface area (Å²) in [6, 6.07) is 12.1. The van der Waals surface area contributed by atoms with Crippen LogP contribution in [-0.4, -0.2) is 19.1 Å². The lowest BCUT2D eigenvalue weighted by molar-refractivity contribution is -0.118. The lowest BCUT2D eigenvalue weighted by atomic mass is 10.2. The van der Waals surface area contributed by atoms with E-state index in [1.54, 1.807) is 36.4 Å². The summed E-state index contributed by atoms with van der Waals surface area (Å²) in [7, 11) is 0. The molecule has 6 heteroatoms. The second-order valence-electron chi connectivity index (χ2n) is 5.00. The number of hydrogen-bond donors (Lipinski definition) is 1. The number of amides is 1. The van der Waals surface area contributed by atoms with Crippen molar-refractivity contribution in [2.45, 2.75) is 13.8 Å². The van der Waals surface area contributed by atoms with Gasteiger partial charge in [-0.2, -0.15) is 5.26 Å². The van der Waals surface area contributed by atoms with Crippen LogP contribution in [0.25, 0.3) is 0 Å². The van der Waals surface area contributed by atoms with Crippen molar-refractivity contribution in [1.29, 1.82) is 5.26 Å². The van der Waals surface area contributed by atoms with Crippen molar-refractivity contribution in [2.24, 2.45) is 0 Å². The number of anilines is 1. The van der Waals surface area contributed by atoms with Gasteiger partial charge in [0.05, 0.1) is 18.2 Å². The zero-order chi connectivity index (χ0) is 17.5. The van der Waals surface area contributed by atoms with E-state index < -0.39 is 0 Å². The maximum absolute atomic E-state index is 12.1. The van der Waals surface area contributed by atoms with Crippen LogP contribution in [0.3, 0.4) is 0 Å². The molecule has 0 bridgehead atoms. The third-order valence-electron chi connectivity index (χ3n) is 3.19. The second-order valence-corrected chi connectivity index (χ2v) is 5.44. The summed E-state index contributed by atoms with van der Waals surface area (Å²) in [5.74, 6) is 0.554. The molecular weight excluding hydrogens is 328 g/mol. The molecule has 24 heavy (non-hydrogen) atoms. The van der Waals surface area contributed by atoms with Gasteiger partial charge in [0.1, 0.15) is 0 Å². The fourth-order valence-electron chi connectivity index (χ4n) is 2.06. The zero-order valence-corrected chi connectivity index (χ0v) is 14.2. The molecule has 0 radical (unpaired) electrons. The first kappa shape index (κ1) is 17.6. The van der Waals surface area contributed by atoms with E-state index in [1.165, 1.54) is 0 Å². The van der Waals surface area contributed by atoms with Gasteiger partial charge < -0.3 is 14.8 Å². The number of carbonyl (C=O) groups excluding carboxylic acids is 1. The highest BCUT2D eigenvalue weighted by molar-refractivity contribution is 6.30. The average molecular weight is 345 g/mol. The van der Waals surface area contributed by atoms with E-state index >= 15 is 0 Å². The number of rotatable bonds is 6. The highest BCUT2D eigenvalue weighted by Gasteiger charge is 2.10. The topological polar surface area (TPSA) is 71.3 Å². The average Bonchev–Trinajstić information content (AvgIpc) is 2.56. The van der Waals surface area contributed by atoms with Crippen LogP contribution < -0.4 is 14.8 Å². The number of aryl methyl sites for hydroxylation is 1. The molecule has 0 spiro atoms. The highest BCUT2D eigenvalue weighted by Crippen LogP contribution is 2.28. The van der Waals surface area contributed by atoms with Crippen LogP contribution in [0.4, 0.5) is 5.69 Å². The van der Waals surface area contributed by atoms with Gasteiger partial charge in [0, 0.05) is 16.8 Å². The first-order valence-electron chi connectivity index (χ1n) is 7.39. The number of nitrogens with zero attached hydrogens (tertiary/aromatic N) is 1. The first-order valence-corrected chi connectivity index (χ1v) is 7.77. The molecule has 2 aromatic rings. The molecule has 0 unspecified atom stereocenters. The Morgan fingerprint density at radius 2 is 2.00 bits per heavy atom. The molecule has 0 aliphatic rings. The predicted octanol–water partition coefficient (Wildman–Crippen LogP) is 3.94. The largest absolute Gasteiger partial charge is 0.490 e. The lowest BCUT2D eigenvalue weighted by Crippen LogP contribution is -2.20. The summed E-state index contributed by atoms with van der Waals surface area (Å²) in [5, 5.41) is 12.3. The van der Waals surface area contributed by atoms with E-state index in [0.717, 1.165) is 5.56 Å². The molecule has 0 aliphatic heterocycles. The third-order valence-corrected chi connectivity index (χ3v) is 3.43. The van der Waals surface area contributed by atoms with Gasteiger partial charge in [0.2, 0.25) is 0 Å². The maximum Gasteiger partial charge on any atom is 0.262 e. The van der Waals surface area contributed by atoms with Crippen LogP contribution >= 0.6 is 11.6 Å². The van der Waals surface area contributed by atoms with Crippen LogP contribution in [0.1, 0.15) is 18.1 Å². The summed E-state index contributed by atoms with van der Waals surface area (Å²) < 4.78 is 11.0. The van der Waals surface area contributed by atoms with Gasteiger partial charge in [-0.3, -0.25) is 4.79 Å². The monoisotopic (exact) mass is 344 g/mol. The van der Waals surface area contributed by atoms with Crippen molar-refractivity contribution in [1.82, 2.24) is 0 Å². The normalized spacial score (nSPS) is 9.92. The molecule has 1 N–H and O–H groups in total. The molecule has 1 amide bonds. The van der Waals surface area contributed by atoms with Crippen molar-refractivity contribution in [2.75, 3.05) is 18.5 Å². The number of benzene rings is 2. The molecule has 2 rings (SSSR count). The minimum absolute atomic E-state index is 0.173. The van der Waals surface area contributed by atoms with Crippen LogP contribution in [0, 0.1) is 18.3 Å². The van der Waals surface area contributed by atoms with Crippen LogP contribution in [0.15, 0.2) is 36.4 Å². The third kappa shape index (κ3) is 4.64. The van der Waals surface area contributed by atoms with Gasteiger partial charge in [-0.25, -0.2) is 0 Å². The van der Waals surface area contributed by atoms with Crippen LogP contribution in [0.5, 0.6) is 11.5 Å². The minimum Gasteiger partial charge on any atom is -0.490 e. The maximum atomic E-state index is 12.1. The van der Waals surface area contributed by atoms with Gasteiger partial charge in [-0.05, 0) is 49.7 Å². The van der Waals surface area contributed by atoms with Crippen molar-refractivity contribution in [3.63, 3.8) is 0 Å². The van der Waals surface area contributed by atoms with E-state index in [0.29, 0.717) is 34.4 Å². The molecular formula is C18H17ClN2O3. The van der Waals surface area contributed by atoms with Crippen LogP contribution in [-0.2, 0) is 4.79 Å². The predicted molar refractivity (Wildman–Crippen MR) is 92.6 cm³/mol. The Morgan fingerprint density at radius 1 is 1.21 bits per heavy atom. The standard InChI is InChI=1S/C18H17ClN2O3/c1-3-23-17-9-13(10-20)4-7-16(17)24-11-18(22)21-15-6-5-14(19)8-12(15)2/h4-9H,3,11H2,1-2H3,(H,21,22). The molecule has 2 aromatic carbocycles. The molecule has 0 atom stereocenters. The van der Waals surface area contributed by atoms with E-state index in [1.807, 2.05) is 19.9 Å². The SMILES string of the molecule is CCOc1cc(C#N)ccc1OCC(=O)Nc1ccc(Cl)cc1C. The van der Waals surface area contributed by atoms with Gasteiger partial charge in [-0.1, -0.05) is 11.6 Å². The van der Waals surface area contributed by atoms with E-state index in [4.69, 9.17) is 26.3 Å². The number of ether oxygens (including phenoxy) is 2. The Labute approximate surface area is 145 Å². The van der Waals surface area contributed by atoms with Crippen molar-refractivity contribution in [3.8, 4) is 17.6 Å². The highest BCUT2D eigenvalue weighted by atomic mass is 35.5. The summed E-state index contributed by atoms with van der Waals surface area (Å²) in [5.41, 5.74) is 2.01. The quantitative estimate of drug-likeness (QED) is 0.861. The van der Waals surface area contributed by atoms with E-state index in [-0.39, 0.29) is 12.5 Å². The van der Waals surface area contributed by atoms with E-state index in [2.05, 4.69) is 5.32 Å². The zero-order valence-electron chi connectivity index (χ0n) is 13.4. The van der Waals surface area contributed by atoms with Crippen molar-refractivity contribution in [3.05, 3.63) is 52.5 Å². The Kier molecular flexibility index (Phi) is 6.05. The number of carbonyl (C=O) groups is 1. The number of halogens is 1. The first-order chi connectivity index (χ1) is 11.5. The smallest absolute Gasteiger partial charge is 0.262 e. The molecule has 0 heterocycles. The van der Waals surface area contributed by atoms with Gasteiger partial charge in [0.15, 0.2) is 18.1 Å². The van der Waals surface area contributed by atoms with Gasteiger partial charge in [-0.15, -0.1) is 0 Å². The molecule has 124 valence electrons. The summed E-state index contributed by atoms with van der Waals surface area (Å²) >= 11 is 5.89. The summed E-state index contributed by atoms with van der Waals surface area (Å²) in [4.78, 5) is 12.1. The number of hydrogen-bond acceptors (Lipinski definition) is 4. The molecule has 0 aromatic heterocycles. The van der Waals surface area contributed by atoms with Crippen molar-refractivity contribution < 1.29 is 14.3 Å². The molecule has 0 saturated carbocycles. The molecule has 0 aliphatic carbocycles. The Morgan fingerprint density at radius 3 is 2.67 bits per heavy atom. The number of nitrogens with one attached hydrogen (secondary N) is 1. The van der Waals surface area contributed by atoms with E-state index in [9.17, 15) is 4.79 Å². The summed E-state index contributed by atoms with van der Waals surface area (Å²) in [6.07, 6.45) is 0. The fraction of sp³-hybridized carbons (Fsp3) is 0.222. The van der Waals surface area contributed by atoms with Crippen LogP contribution in [0.2, 0.25) is 5.02 Å². The Balaban J connectivity index is 2.02. The number of nitriles is 1. The fourth-order valence-corrected chi connectivity index (χ4v) is 2.29. The van der Waals surface area contributed by atoms with Gasteiger partial charge >= 0.3 is 0 Å². The lowest BCUT2D eigenvalue weighted by Gasteiger charge is -2.13.